The van der Waals surface area contributed by atoms with Crippen LogP contribution < -0.4 is 4.90 Å². The summed E-state index contributed by atoms with van der Waals surface area (Å²) < 4.78 is 27.4. The van der Waals surface area contributed by atoms with Gasteiger partial charge in [0.2, 0.25) is 5.91 Å². The molecule has 3 aromatic rings. The van der Waals surface area contributed by atoms with Crippen molar-refractivity contribution < 1.29 is 23.5 Å². The summed E-state index contributed by atoms with van der Waals surface area (Å²) in [5, 5.41) is 9.50. The quantitative estimate of drug-likeness (QED) is 0.643. The zero-order chi connectivity index (χ0) is 19.6. The number of anilines is 1. The number of hydrogen-bond acceptors (Lipinski definition) is 4. The Labute approximate surface area is 161 Å². The van der Waals surface area contributed by atoms with E-state index < -0.39 is 23.5 Å². The molecule has 2 aromatic carbocycles. The maximum absolute atomic E-state index is 13.9. The van der Waals surface area contributed by atoms with E-state index >= 15 is 0 Å². The fourth-order valence-electron chi connectivity index (χ4n) is 2.51. The minimum atomic E-state index is -1.10. The molecule has 140 valence electrons. The SMILES string of the molecule is O=C(O)CCC(=O)N(Cc1nc2ccc(F)c(F)c2s1)c1ccccc1Cl. The number of carboxylic acids is 1. The zero-order valence-electron chi connectivity index (χ0n) is 13.8. The Balaban J connectivity index is 1.96. The number of halogens is 3. The molecular formula is C18H13ClF2N2O3S. The van der Waals surface area contributed by atoms with E-state index in [2.05, 4.69) is 4.98 Å². The number of aromatic nitrogens is 1. The average molecular weight is 411 g/mol. The van der Waals surface area contributed by atoms with Gasteiger partial charge in [0, 0.05) is 6.42 Å². The van der Waals surface area contributed by atoms with Gasteiger partial charge in [0.25, 0.3) is 0 Å². The van der Waals surface area contributed by atoms with Crippen molar-refractivity contribution in [1.29, 1.82) is 0 Å². The van der Waals surface area contributed by atoms with Crippen molar-refractivity contribution >= 4 is 50.7 Å². The average Bonchev–Trinajstić information content (AvgIpc) is 3.05. The molecule has 5 nitrogen and oxygen atoms in total. The molecule has 1 heterocycles. The lowest BCUT2D eigenvalue weighted by atomic mass is 10.2. The Morgan fingerprint density at radius 1 is 1.15 bits per heavy atom. The van der Waals surface area contributed by atoms with Crippen molar-refractivity contribution in [3.63, 3.8) is 0 Å². The number of thiazole rings is 1. The van der Waals surface area contributed by atoms with E-state index in [-0.39, 0.29) is 29.6 Å². The van der Waals surface area contributed by atoms with Crippen molar-refractivity contribution in [2.24, 2.45) is 0 Å². The highest BCUT2D eigenvalue weighted by Gasteiger charge is 2.22. The van der Waals surface area contributed by atoms with Crippen LogP contribution in [0.15, 0.2) is 36.4 Å². The smallest absolute Gasteiger partial charge is 0.303 e. The van der Waals surface area contributed by atoms with Crippen molar-refractivity contribution in [3.8, 4) is 0 Å². The van der Waals surface area contributed by atoms with Crippen LogP contribution in [0.2, 0.25) is 5.02 Å². The Morgan fingerprint density at radius 2 is 1.89 bits per heavy atom. The summed E-state index contributed by atoms with van der Waals surface area (Å²) in [6.45, 7) is -0.0391. The summed E-state index contributed by atoms with van der Waals surface area (Å²) in [7, 11) is 0. The molecule has 0 aliphatic rings. The standard InChI is InChI=1S/C18H13ClF2N2O3S/c19-10-3-1-2-4-13(10)23(15(24)7-8-16(25)26)9-14-22-12-6-5-11(20)17(21)18(12)27-14/h1-6H,7-9H2,(H,25,26). The predicted molar refractivity (Wildman–Crippen MR) is 99.0 cm³/mol. The Kier molecular flexibility index (Phi) is 5.67. The van der Waals surface area contributed by atoms with Gasteiger partial charge in [-0.1, -0.05) is 23.7 Å². The summed E-state index contributed by atoms with van der Waals surface area (Å²) >= 11 is 7.11. The second-order valence-corrected chi connectivity index (χ2v) is 7.13. The highest BCUT2D eigenvalue weighted by Crippen LogP contribution is 2.31. The number of carbonyl (C=O) groups excluding carboxylic acids is 1. The molecule has 0 radical (unpaired) electrons. The van der Waals surface area contributed by atoms with Crippen LogP contribution in [0.25, 0.3) is 10.2 Å². The number of rotatable bonds is 6. The zero-order valence-corrected chi connectivity index (χ0v) is 15.4. The summed E-state index contributed by atoms with van der Waals surface area (Å²) in [4.78, 5) is 28.9. The van der Waals surface area contributed by atoms with E-state index in [0.29, 0.717) is 15.7 Å². The largest absolute Gasteiger partial charge is 0.481 e. The normalized spacial score (nSPS) is 10.9. The second kappa shape index (κ2) is 7.98. The number of carboxylic acid groups (broad SMARTS) is 1. The van der Waals surface area contributed by atoms with Crippen molar-refractivity contribution in [2.75, 3.05) is 4.90 Å². The second-order valence-electron chi connectivity index (χ2n) is 5.64. The van der Waals surface area contributed by atoms with E-state index in [0.717, 1.165) is 17.4 Å². The number of hydrogen-bond donors (Lipinski definition) is 1. The molecule has 0 unspecified atom stereocenters. The first-order valence-corrected chi connectivity index (χ1v) is 9.06. The van der Waals surface area contributed by atoms with Crippen molar-refractivity contribution in [2.45, 2.75) is 19.4 Å². The van der Waals surface area contributed by atoms with Gasteiger partial charge < -0.3 is 10.0 Å². The first-order valence-electron chi connectivity index (χ1n) is 7.87. The molecule has 0 saturated heterocycles. The van der Waals surface area contributed by atoms with Gasteiger partial charge >= 0.3 is 5.97 Å². The molecule has 0 spiro atoms. The number of carbonyl (C=O) groups is 2. The van der Waals surface area contributed by atoms with Gasteiger partial charge in [0.1, 0.15) is 5.01 Å². The maximum Gasteiger partial charge on any atom is 0.303 e. The molecule has 1 amide bonds. The number of amides is 1. The van der Waals surface area contributed by atoms with Gasteiger partial charge in [0.15, 0.2) is 11.6 Å². The van der Waals surface area contributed by atoms with Gasteiger partial charge in [-0.2, -0.15) is 0 Å². The highest BCUT2D eigenvalue weighted by molar-refractivity contribution is 7.18. The van der Waals surface area contributed by atoms with Gasteiger partial charge in [-0.05, 0) is 24.3 Å². The molecule has 1 aromatic heterocycles. The Morgan fingerprint density at radius 3 is 2.59 bits per heavy atom. The van der Waals surface area contributed by atoms with Crippen LogP contribution >= 0.6 is 22.9 Å². The number of aliphatic carboxylic acids is 1. The van der Waals surface area contributed by atoms with E-state index in [1.165, 1.54) is 11.0 Å². The van der Waals surface area contributed by atoms with E-state index in [1.807, 2.05) is 0 Å². The lowest BCUT2D eigenvalue weighted by Crippen LogP contribution is -2.30. The first kappa shape index (κ1) is 19.2. The van der Waals surface area contributed by atoms with Crippen LogP contribution in [-0.2, 0) is 16.1 Å². The summed E-state index contributed by atoms with van der Waals surface area (Å²) in [6.07, 6.45) is -0.562. The minimum Gasteiger partial charge on any atom is -0.481 e. The third kappa shape index (κ3) is 4.23. The molecule has 0 bridgehead atoms. The molecule has 27 heavy (non-hydrogen) atoms. The van der Waals surface area contributed by atoms with E-state index in [4.69, 9.17) is 16.7 Å². The minimum absolute atomic E-state index is 0.0391. The first-order chi connectivity index (χ1) is 12.9. The molecule has 3 rings (SSSR count). The summed E-state index contributed by atoms with van der Waals surface area (Å²) in [5.74, 6) is -3.52. The van der Waals surface area contributed by atoms with E-state index in [1.54, 1.807) is 24.3 Å². The lowest BCUT2D eigenvalue weighted by molar-refractivity contribution is -0.138. The van der Waals surface area contributed by atoms with Crippen LogP contribution in [0.1, 0.15) is 17.8 Å². The van der Waals surface area contributed by atoms with Crippen LogP contribution in [0.5, 0.6) is 0 Å². The summed E-state index contributed by atoms with van der Waals surface area (Å²) in [6, 6.07) is 8.95. The topological polar surface area (TPSA) is 70.5 Å². The third-order valence-electron chi connectivity index (χ3n) is 3.78. The predicted octanol–water partition coefficient (Wildman–Crippen LogP) is 4.63. The lowest BCUT2D eigenvalue weighted by Gasteiger charge is -2.22. The number of benzene rings is 2. The number of fused-ring (bicyclic) bond motifs is 1. The van der Waals surface area contributed by atoms with Gasteiger partial charge in [0.05, 0.1) is 33.9 Å². The molecule has 1 N–H and O–H groups in total. The fourth-order valence-corrected chi connectivity index (χ4v) is 3.73. The van der Waals surface area contributed by atoms with Crippen LogP contribution in [-0.4, -0.2) is 22.0 Å². The highest BCUT2D eigenvalue weighted by atomic mass is 35.5. The van der Waals surface area contributed by atoms with E-state index in [9.17, 15) is 18.4 Å². The van der Waals surface area contributed by atoms with Crippen molar-refractivity contribution in [1.82, 2.24) is 4.98 Å². The maximum atomic E-state index is 13.9. The molecule has 0 atom stereocenters. The van der Waals surface area contributed by atoms with Gasteiger partial charge in [-0.3, -0.25) is 9.59 Å². The molecule has 0 fully saturated rings. The molecule has 0 saturated carbocycles. The third-order valence-corrected chi connectivity index (χ3v) is 5.15. The molecule has 9 heteroatoms. The number of para-hydroxylation sites is 1. The van der Waals surface area contributed by atoms with Crippen LogP contribution in [0, 0.1) is 11.6 Å². The number of nitrogens with zero attached hydrogens (tertiary/aromatic N) is 2. The Bertz CT molecular complexity index is 1030. The van der Waals surface area contributed by atoms with Crippen LogP contribution in [0.4, 0.5) is 14.5 Å². The summed E-state index contributed by atoms with van der Waals surface area (Å²) in [5.41, 5.74) is 0.673. The molecule has 0 aliphatic carbocycles. The van der Waals surface area contributed by atoms with Crippen molar-refractivity contribution in [3.05, 3.63) is 58.1 Å². The van der Waals surface area contributed by atoms with Crippen LogP contribution in [0.3, 0.4) is 0 Å². The molecular weight excluding hydrogens is 398 g/mol. The molecule has 0 aliphatic heterocycles. The van der Waals surface area contributed by atoms with Gasteiger partial charge in [-0.25, -0.2) is 13.8 Å². The monoisotopic (exact) mass is 410 g/mol. The fraction of sp³-hybridized carbons (Fsp3) is 0.167. The Hall–Kier alpha value is -2.58. The van der Waals surface area contributed by atoms with Gasteiger partial charge in [-0.15, -0.1) is 11.3 Å².